The smallest absolute Gasteiger partial charge is 0.135 e. The molecule has 0 spiro atoms. The van der Waals surface area contributed by atoms with Crippen LogP contribution in [0.5, 0.6) is 0 Å². The van der Waals surface area contributed by atoms with E-state index in [1.807, 2.05) is 6.20 Å². The maximum absolute atomic E-state index is 6.14. The lowest BCUT2D eigenvalue weighted by Gasteiger charge is -2.17. The van der Waals surface area contributed by atoms with Crippen LogP contribution in [0.2, 0.25) is 0 Å². The van der Waals surface area contributed by atoms with Crippen LogP contribution < -0.4 is 0 Å². The molecule has 0 amide bonds. The van der Waals surface area contributed by atoms with Gasteiger partial charge in [0, 0.05) is 18.9 Å². The summed E-state index contributed by atoms with van der Waals surface area (Å²) >= 11 is 6.14. The highest BCUT2D eigenvalue weighted by Gasteiger charge is 2.15. The third kappa shape index (κ3) is 2.43. The molecule has 0 saturated heterocycles. The lowest BCUT2D eigenvalue weighted by Crippen LogP contribution is -2.08. The van der Waals surface area contributed by atoms with Crippen LogP contribution in [0.4, 0.5) is 0 Å². The van der Waals surface area contributed by atoms with Crippen molar-refractivity contribution in [2.24, 2.45) is 0 Å². The van der Waals surface area contributed by atoms with Crippen LogP contribution in [0.25, 0.3) is 5.57 Å². The van der Waals surface area contributed by atoms with Gasteiger partial charge in [0.05, 0.1) is 5.38 Å². The van der Waals surface area contributed by atoms with E-state index in [0.29, 0.717) is 0 Å². The Morgan fingerprint density at radius 2 is 2.47 bits per heavy atom. The van der Waals surface area contributed by atoms with Crippen molar-refractivity contribution in [3.63, 3.8) is 0 Å². The maximum atomic E-state index is 6.14. The number of rotatable bonds is 3. The Morgan fingerprint density at radius 3 is 3.20 bits per heavy atom. The van der Waals surface area contributed by atoms with Crippen molar-refractivity contribution in [2.75, 3.05) is 0 Å². The Hall–Kier alpha value is -0.760. The van der Waals surface area contributed by atoms with Gasteiger partial charge in [0.1, 0.15) is 5.82 Å². The number of aryl methyl sites for hydroxylation is 1. The van der Waals surface area contributed by atoms with E-state index < -0.39 is 0 Å². The summed E-state index contributed by atoms with van der Waals surface area (Å²) in [5.74, 6) is 1.11. The fourth-order valence-corrected chi connectivity index (χ4v) is 2.38. The van der Waals surface area contributed by atoms with Gasteiger partial charge in [-0.1, -0.05) is 13.0 Å². The molecular weight excluding hydrogens is 208 g/mol. The fraction of sp³-hybridized carbons (Fsp3) is 0.583. The topological polar surface area (TPSA) is 17.8 Å². The molecule has 0 radical (unpaired) electrons. The van der Waals surface area contributed by atoms with Crippen LogP contribution in [0.15, 0.2) is 18.5 Å². The molecule has 1 aliphatic rings. The van der Waals surface area contributed by atoms with Gasteiger partial charge in [-0.2, -0.15) is 0 Å². The second-order valence-corrected chi connectivity index (χ2v) is 4.60. The number of halogens is 1. The predicted molar refractivity (Wildman–Crippen MR) is 64.0 cm³/mol. The van der Waals surface area contributed by atoms with Gasteiger partial charge >= 0.3 is 0 Å². The van der Waals surface area contributed by atoms with Crippen LogP contribution >= 0.6 is 11.6 Å². The minimum absolute atomic E-state index is 0.195. The number of hydrogen-bond donors (Lipinski definition) is 0. The molecule has 1 aromatic rings. The summed E-state index contributed by atoms with van der Waals surface area (Å²) in [6, 6.07) is 0. The molecule has 1 heterocycles. The second-order valence-electron chi connectivity index (χ2n) is 4.04. The van der Waals surface area contributed by atoms with Gasteiger partial charge in [0.25, 0.3) is 0 Å². The number of imidazole rings is 1. The summed E-state index contributed by atoms with van der Waals surface area (Å²) < 4.78 is 2.22. The number of hydrogen-bond acceptors (Lipinski definition) is 1. The first-order valence-electron chi connectivity index (χ1n) is 5.67. The third-order valence-corrected chi connectivity index (χ3v) is 3.12. The van der Waals surface area contributed by atoms with Crippen LogP contribution in [-0.2, 0) is 6.54 Å². The summed E-state index contributed by atoms with van der Waals surface area (Å²) in [6.07, 6.45) is 10.6. The highest BCUT2D eigenvalue weighted by atomic mass is 35.5. The monoisotopic (exact) mass is 224 g/mol. The van der Waals surface area contributed by atoms with Gasteiger partial charge in [-0.25, -0.2) is 4.98 Å². The highest BCUT2D eigenvalue weighted by Crippen LogP contribution is 2.28. The molecule has 0 saturated carbocycles. The van der Waals surface area contributed by atoms with Crippen molar-refractivity contribution in [1.82, 2.24) is 9.55 Å². The summed E-state index contributed by atoms with van der Waals surface area (Å²) in [5, 5.41) is 0.195. The molecule has 0 bridgehead atoms. The standard InChI is InChI=1S/C12H17ClN2/c1-2-7-15-8-6-14-12(15)10-4-3-5-11(13)9-10/h6,8-9,11H,2-5,7H2,1H3. The van der Waals surface area contributed by atoms with Crippen molar-refractivity contribution in [1.29, 1.82) is 0 Å². The van der Waals surface area contributed by atoms with Gasteiger partial charge < -0.3 is 4.57 Å². The van der Waals surface area contributed by atoms with Crippen molar-refractivity contribution in [2.45, 2.75) is 44.5 Å². The fourth-order valence-electron chi connectivity index (χ4n) is 2.08. The number of alkyl halides is 1. The number of nitrogens with zero attached hydrogens (tertiary/aromatic N) is 2. The van der Waals surface area contributed by atoms with Gasteiger partial charge in [-0.3, -0.25) is 0 Å². The summed E-state index contributed by atoms with van der Waals surface area (Å²) in [6.45, 7) is 3.23. The maximum Gasteiger partial charge on any atom is 0.135 e. The molecule has 82 valence electrons. The van der Waals surface area contributed by atoms with E-state index in [1.165, 1.54) is 12.0 Å². The lowest BCUT2D eigenvalue weighted by atomic mass is 9.98. The Kier molecular flexibility index (Phi) is 3.47. The first-order valence-corrected chi connectivity index (χ1v) is 6.11. The van der Waals surface area contributed by atoms with Gasteiger partial charge in [0.15, 0.2) is 0 Å². The largest absolute Gasteiger partial charge is 0.331 e. The molecule has 2 nitrogen and oxygen atoms in total. The Labute approximate surface area is 96.0 Å². The van der Waals surface area contributed by atoms with E-state index in [-0.39, 0.29) is 5.38 Å². The van der Waals surface area contributed by atoms with Gasteiger partial charge in [-0.15, -0.1) is 11.6 Å². The molecule has 2 rings (SSSR count). The second kappa shape index (κ2) is 4.84. The molecule has 0 aliphatic heterocycles. The van der Waals surface area contributed by atoms with E-state index in [4.69, 9.17) is 11.6 Å². The molecule has 1 atom stereocenters. The van der Waals surface area contributed by atoms with Gasteiger partial charge in [-0.05, 0) is 31.3 Å². The summed E-state index contributed by atoms with van der Waals surface area (Å²) in [5.41, 5.74) is 1.32. The van der Waals surface area contributed by atoms with E-state index in [9.17, 15) is 0 Å². The molecule has 3 heteroatoms. The molecule has 1 aliphatic carbocycles. The average molecular weight is 225 g/mol. The molecule has 0 aromatic carbocycles. The van der Waals surface area contributed by atoms with E-state index in [2.05, 4.69) is 28.7 Å². The van der Waals surface area contributed by atoms with Crippen molar-refractivity contribution in [3.05, 3.63) is 24.3 Å². The predicted octanol–water partition coefficient (Wildman–Crippen LogP) is 3.47. The Balaban J connectivity index is 2.24. The van der Waals surface area contributed by atoms with E-state index in [1.54, 1.807) is 0 Å². The van der Waals surface area contributed by atoms with E-state index in [0.717, 1.165) is 31.6 Å². The number of aromatic nitrogens is 2. The van der Waals surface area contributed by atoms with Gasteiger partial charge in [0.2, 0.25) is 0 Å². The van der Waals surface area contributed by atoms with Crippen molar-refractivity contribution < 1.29 is 0 Å². The third-order valence-electron chi connectivity index (χ3n) is 2.78. The molecule has 1 unspecified atom stereocenters. The summed E-state index contributed by atoms with van der Waals surface area (Å²) in [7, 11) is 0. The lowest BCUT2D eigenvalue weighted by molar-refractivity contribution is 0.659. The zero-order valence-corrected chi connectivity index (χ0v) is 9.87. The number of allylic oxidation sites excluding steroid dienone is 2. The first-order chi connectivity index (χ1) is 7.31. The zero-order chi connectivity index (χ0) is 10.7. The molecule has 1 aromatic heterocycles. The van der Waals surface area contributed by atoms with Crippen molar-refractivity contribution >= 4 is 17.2 Å². The SMILES string of the molecule is CCCn1ccnc1C1=CC(Cl)CCC1. The van der Waals surface area contributed by atoms with Crippen LogP contribution in [-0.4, -0.2) is 14.9 Å². The molecular formula is C12H17ClN2. The quantitative estimate of drug-likeness (QED) is 0.719. The average Bonchev–Trinajstić information content (AvgIpc) is 2.66. The normalized spacial score (nSPS) is 21.5. The zero-order valence-electron chi connectivity index (χ0n) is 9.12. The van der Waals surface area contributed by atoms with E-state index >= 15 is 0 Å². The molecule has 15 heavy (non-hydrogen) atoms. The summed E-state index contributed by atoms with van der Waals surface area (Å²) in [4.78, 5) is 4.43. The van der Waals surface area contributed by atoms with Crippen molar-refractivity contribution in [3.8, 4) is 0 Å². The molecule has 0 fully saturated rings. The molecule has 0 N–H and O–H groups in total. The van der Waals surface area contributed by atoms with Crippen LogP contribution in [0, 0.1) is 0 Å². The van der Waals surface area contributed by atoms with Crippen LogP contribution in [0.1, 0.15) is 38.4 Å². The van der Waals surface area contributed by atoms with Crippen LogP contribution in [0.3, 0.4) is 0 Å². The minimum atomic E-state index is 0.195. The first kappa shape index (κ1) is 10.7. The minimum Gasteiger partial charge on any atom is -0.331 e. The Bertz CT molecular complexity index is 354. The highest BCUT2D eigenvalue weighted by molar-refractivity contribution is 6.22. The Morgan fingerprint density at radius 1 is 1.60 bits per heavy atom.